The Balaban J connectivity index is 3.01. The van der Waals surface area contributed by atoms with Crippen molar-refractivity contribution in [2.75, 3.05) is 13.6 Å². The molecule has 0 radical (unpaired) electrons. The van der Waals surface area contributed by atoms with E-state index in [0.717, 1.165) is 0 Å². The van der Waals surface area contributed by atoms with Gasteiger partial charge in [0.25, 0.3) is 0 Å². The van der Waals surface area contributed by atoms with Gasteiger partial charge in [-0.1, -0.05) is 6.07 Å². The van der Waals surface area contributed by atoms with Crippen molar-refractivity contribution < 1.29 is 8.78 Å². The van der Waals surface area contributed by atoms with Crippen molar-refractivity contribution in [1.29, 1.82) is 0 Å². The van der Waals surface area contributed by atoms with E-state index in [1.807, 2.05) is 0 Å². The Morgan fingerprint density at radius 3 is 2.64 bits per heavy atom. The molecule has 1 aromatic carbocycles. The molecule has 0 fully saturated rings. The molecule has 0 spiro atoms. The third-order valence-electron chi connectivity index (χ3n) is 2.03. The van der Waals surface area contributed by atoms with Gasteiger partial charge < -0.3 is 5.32 Å². The predicted molar refractivity (Wildman–Crippen MR) is 56.5 cm³/mol. The molecule has 0 aliphatic heterocycles. The zero-order valence-corrected chi connectivity index (χ0v) is 9.66. The van der Waals surface area contributed by atoms with E-state index in [-0.39, 0.29) is 16.8 Å². The van der Waals surface area contributed by atoms with Crippen LogP contribution in [0.25, 0.3) is 0 Å². The lowest BCUT2D eigenvalue weighted by atomic mass is 9.98. The SMILES string of the molecule is CNCC(C)(F)c1ccc(F)c(Br)c1. The van der Waals surface area contributed by atoms with Gasteiger partial charge in [-0.05, 0) is 47.6 Å². The van der Waals surface area contributed by atoms with Crippen LogP contribution in [0.15, 0.2) is 22.7 Å². The van der Waals surface area contributed by atoms with Gasteiger partial charge in [0, 0.05) is 6.54 Å². The second-order valence-electron chi connectivity index (χ2n) is 3.36. The lowest BCUT2D eigenvalue weighted by molar-refractivity contribution is 0.190. The molecular formula is C10H12BrF2N. The first kappa shape index (κ1) is 11.6. The van der Waals surface area contributed by atoms with E-state index in [1.54, 1.807) is 7.05 Å². The first-order chi connectivity index (χ1) is 6.47. The topological polar surface area (TPSA) is 12.0 Å². The maximum atomic E-state index is 13.9. The number of hydrogen-bond acceptors (Lipinski definition) is 1. The smallest absolute Gasteiger partial charge is 0.145 e. The Hall–Kier alpha value is -0.480. The summed E-state index contributed by atoms with van der Waals surface area (Å²) in [4.78, 5) is 0. The lowest BCUT2D eigenvalue weighted by Crippen LogP contribution is -2.29. The molecule has 0 amide bonds. The monoisotopic (exact) mass is 263 g/mol. The van der Waals surface area contributed by atoms with Crippen molar-refractivity contribution in [3.8, 4) is 0 Å². The minimum atomic E-state index is -1.48. The van der Waals surface area contributed by atoms with Crippen LogP contribution in [-0.2, 0) is 5.67 Å². The van der Waals surface area contributed by atoms with Gasteiger partial charge >= 0.3 is 0 Å². The average Bonchev–Trinajstić information content (AvgIpc) is 2.09. The molecule has 0 aliphatic rings. The van der Waals surface area contributed by atoms with Crippen molar-refractivity contribution in [2.24, 2.45) is 0 Å². The summed E-state index contributed by atoms with van der Waals surface area (Å²) >= 11 is 3.03. The van der Waals surface area contributed by atoms with Crippen LogP contribution in [0.2, 0.25) is 0 Å². The highest BCUT2D eigenvalue weighted by Gasteiger charge is 2.25. The Morgan fingerprint density at radius 2 is 2.14 bits per heavy atom. The molecule has 0 aliphatic carbocycles. The maximum absolute atomic E-state index is 13.9. The van der Waals surface area contributed by atoms with Crippen LogP contribution < -0.4 is 5.32 Å². The molecule has 0 saturated carbocycles. The highest BCUT2D eigenvalue weighted by atomic mass is 79.9. The molecule has 0 saturated heterocycles. The van der Waals surface area contributed by atoms with Crippen molar-refractivity contribution in [2.45, 2.75) is 12.6 Å². The standard InChI is InChI=1S/C10H12BrF2N/c1-10(13,6-14-2)7-3-4-9(12)8(11)5-7/h3-5,14H,6H2,1-2H3. The molecule has 14 heavy (non-hydrogen) atoms. The summed E-state index contributed by atoms with van der Waals surface area (Å²) in [6, 6.07) is 4.18. The van der Waals surface area contributed by atoms with Gasteiger partial charge in [-0.2, -0.15) is 0 Å². The third-order valence-corrected chi connectivity index (χ3v) is 2.64. The predicted octanol–water partition coefficient (Wildman–Crippen LogP) is 2.99. The number of alkyl halides is 1. The molecule has 0 bridgehead atoms. The second kappa shape index (κ2) is 4.36. The fourth-order valence-electron chi connectivity index (χ4n) is 1.25. The van der Waals surface area contributed by atoms with E-state index in [4.69, 9.17) is 0 Å². The Bertz CT molecular complexity index is 326. The molecule has 1 atom stereocenters. The van der Waals surface area contributed by atoms with E-state index in [1.165, 1.54) is 25.1 Å². The van der Waals surface area contributed by atoms with E-state index in [0.29, 0.717) is 5.56 Å². The molecule has 1 rings (SSSR count). The fraction of sp³-hybridized carbons (Fsp3) is 0.400. The van der Waals surface area contributed by atoms with Gasteiger partial charge in [-0.15, -0.1) is 0 Å². The third kappa shape index (κ3) is 2.51. The number of likely N-dealkylation sites (N-methyl/N-ethyl adjacent to an activating group) is 1. The van der Waals surface area contributed by atoms with Crippen LogP contribution in [0.3, 0.4) is 0 Å². The molecule has 1 N–H and O–H groups in total. The number of halogens is 3. The minimum Gasteiger partial charge on any atom is -0.316 e. The molecular weight excluding hydrogens is 252 g/mol. The Labute approximate surface area is 90.6 Å². The van der Waals surface area contributed by atoms with Crippen molar-refractivity contribution in [3.63, 3.8) is 0 Å². The summed E-state index contributed by atoms with van der Waals surface area (Å²) in [6.45, 7) is 1.66. The highest BCUT2D eigenvalue weighted by Crippen LogP contribution is 2.28. The van der Waals surface area contributed by atoms with Crippen molar-refractivity contribution in [3.05, 3.63) is 34.1 Å². The number of benzene rings is 1. The van der Waals surface area contributed by atoms with Crippen molar-refractivity contribution >= 4 is 15.9 Å². The molecule has 1 nitrogen and oxygen atoms in total. The summed E-state index contributed by atoms with van der Waals surface area (Å²) < 4.78 is 27.1. The van der Waals surface area contributed by atoms with Gasteiger partial charge in [0.15, 0.2) is 0 Å². The first-order valence-corrected chi connectivity index (χ1v) is 5.06. The van der Waals surface area contributed by atoms with Crippen molar-refractivity contribution in [1.82, 2.24) is 5.32 Å². The second-order valence-corrected chi connectivity index (χ2v) is 4.21. The Morgan fingerprint density at radius 1 is 1.50 bits per heavy atom. The number of hydrogen-bond donors (Lipinski definition) is 1. The molecule has 4 heteroatoms. The number of rotatable bonds is 3. The van der Waals surface area contributed by atoms with Crippen LogP contribution in [0.1, 0.15) is 12.5 Å². The summed E-state index contributed by atoms with van der Waals surface area (Å²) in [5, 5.41) is 2.76. The van der Waals surface area contributed by atoms with E-state index in [2.05, 4.69) is 21.2 Å². The van der Waals surface area contributed by atoms with Gasteiger partial charge in [0.1, 0.15) is 11.5 Å². The quantitative estimate of drug-likeness (QED) is 0.884. The summed E-state index contributed by atoms with van der Waals surface area (Å²) in [5.41, 5.74) is -1.02. The largest absolute Gasteiger partial charge is 0.316 e. The van der Waals surface area contributed by atoms with Gasteiger partial charge in [-0.3, -0.25) is 0 Å². The van der Waals surface area contributed by atoms with Gasteiger partial charge in [0.2, 0.25) is 0 Å². The van der Waals surface area contributed by atoms with Crippen LogP contribution >= 0.6 is 15.9 Å². The normalized spacial score (nSPS) is 15.2. The van der Waals surface area contributed by atoms with Crippen LogP contribution in [-0.4, -0.2) is 13.6 Å². The molecule has 0 heterocycles. The minimum absolute atomic E-state index is 0.199. The first-order valence-electron chi connectivity index (χ1n) is 4.26. The van der Waals surface area contributed by atoms with E-state index < -0.39 is 5.67 Å². The lowest BCUT2D eigenvalue weighted by Gasteiger charge is -2.20. The molecule has 1 aromatic rings. The van der Waals surface area contributed by atoms with E-state index in [9.17, 15) is 8.78 Å². The number of nitrogens with one attached hydrogen (secondary N) is 1. The van der Waals surface area contributed by atoms with Crippen LogP contribution in [0, 0.1) is 5.82 Å². The van der Waals surface area contributed by atoms with Gasteiger partial charge in [-0.25, -0.2) is 8.78 Å². The molecule has 1 unspecified atom stereocenters. The zero-order chi connectivity index (χ0) is 10.8. The summed E-state index contributed by atoms with van der Waals surface area (Å²) in [5.74, 6) is -0.381. The fourth-order valence-corrected chi connectivity index (χ4v) is 1.63. The Kier molecular flexibility index (Phi) is 3.61. The molecule has 0 aromatic heterocycles. The summed E-state index contributed by atoms with van der Waals surface area (Å²) in [6.07, 6.45) is 0. The van der Waals surface area contributed by atoms with Gasteiger partial charge in [0.05, 0.1) is 4.47 Å². The van der Waals surface area contributed by atoms with Crippen LogP contribution in [0.4, 0.5) is 8.78 Å². The maximum Gasteiger partial charge on any atom is 0.145 e. The molecule has 78 valence electrons. The van der Waals surface area contributed by atoms with Crippen LogP contribution in [0.5, 0.6) is 0 Å². The summed E-state index contributed by atoms with van der Waals surface area (Å²) in [7, 11) is 1.68. The zero-order valence-electron chi connectivity index (χ0n) is 8.07. The van der Waals surface area contributed by atoms with E-state index >= 15 is 0 Å². The average molecular weight is 264 g/mol. The highest BCUT2D eigenvalue weighted by molar-refractivity contribution is 9.10.